The number of hydrogen-bond acceptors (Lipinski definition) is 4. The molecular weight excluding hydrogens is 299 g/mol. The maximum atomic E-state index is 13.9. The molecule has 0 aromatic heterocycles. The van der Waals surface area contributed by atoms with E-state index < -0.39 is 5.82 Å². The number of hydrogen-bond donors (Lipinski definition) is 1. The highest BCUT2D eigenvalue weighted by atomic mass is 19.1. The second kappa shape index (κ2) is 8.15. The fourth-order valence-electron chi connectivity index (χ4n) is 2.84. The van der Waals surface area contributed by atoms with Gasteiger partial charge in [0.2, 0.25) is 5.91 Å². The molecule has 1 aromatic rings. The Kier molecular flexibility index (Phi) is 6.21. The molecule has 1 fully saturated rings. The number of likely N-dealkylation sites (tertiary alicyclic amines) is 1. The van der Waals surface area contributed by atoms with Crippen LogP contribution >= 0.6 is 0 Å². The lowest BCUT2D eigenvalue weighted by Gasteiger charge is -2.26. The Bertz CT molecular complexity index is 543. The van der Waals surface area contributed by atoms with Crippen LogP contribution in [0.15, 0.2) is 12.1 Å². The number of methoxy groups -OCH3 is 2. The number of carbonyl (C=O) groups is 1. The predicted octanol–water partition coefficient (Wildman–Crippen LogP) is 3.05. The van der Waals surface area contributed by atoms with E-state index in [-0.39, 0.29) is 17.7 Å². The summed E-state index contributed by atoms with van der Waals surface area (Å²) in [6.07, 6.45) is 4.64. The van der Waals surface area contributed by atoms with E-state index in [9.17, 15) is 9.18 Å². The number of carbonyl (C=O) groups excluding carboxylic acids is 1. The summed E-state index contributed by atoms with van der Waals surface area (Å²) in [5.41, 5.74) is 0.317. The van der Waals surface area contributed by atoms with Gasteiger partial charge >= 0.3 is 0 Å². The van der Waals surface area contributed by atoms with E-state index in [1.165, 1.54) is 39.2 Å². The summed E-state index contributed by atoms with van der Waals surface area (Å²) in [6.45, 7) is 3.72. The molecule has 1 amide bonds. The van der Waals surface area contributed by atoms with Crippen LogP contribution in [0.4, 0.5) is 10.1 Å². The van der Waals surface area contributed by atoms with Crippen molar-refractivity contribution in [2.75, 3.05) is 32.6 Å². The molecule has 1 atom stereocenters. The topological polar surface area (TPSA) is 50.8 Å². The number of halogens is 1. The average molecular weight is 324 g/mol. The SMILES string of the molecule is COc1cc(OC)c(NC(=O)C(C)N2CCCCCC2)cc1F. The van der Waals surface area contributed by atoms with Gasteiger partial charge in [-0.3, -0.25) is 9.69 Å². The molecule has 0 aliphatic carbocycles. The zero-order valence-electron chi connectivity index (χ0n) is 14.0. The van der Waals surface area contributed by atoms with E-state index in [2.05, 4.69) is 10.2 Å². The summed E-state index contributed by atoms with van der Waals surface area (Å²) in [5, 5.41) is 2.77. The Balaban J connectivity index is 2.11. The molecule has 1 aromatic carbocycles. The standard InChI is InChI=1S/C17H25FN2O3/c1-12(20-8-6-4-5-7-9-20)17(21)19-14-10-13(18)15(22-2)11-16(14)23-3/h10-12H,4-9H2,1-3H3,(H,19,21). The number of ether oxygens (including phenoxy) is 2. The molecule has 1 aliphatic heterocycles. The van der Waals surface area contributed by atoms with Crippen LogP contribution in [0, 0.1) is 5.82 Å². The van der Waals surface area contributed by atoms with Crippen LogP contribution in [0.5, 0.6) is 11.5 Å². The molecule has 6 heteroatoms. The van der Waals surface area contributed by atoms with Crippen molar-refractivity contribution in [2.45, 2.75) is 38.6 Å². The molecule has 2 rings (SSSR count). The molecule has 0 radical (unpaired) electrons. The molecule has 1 unspecified atom stereocenters. The summed E-state index contributed by atoms with van der Waals surface area (Å²) < 4.78 is 24.0. The van der Waals surface area contributed by atoms with Crippen LogP contribution in [0.3, 0.4) is 0 Å². The van der Waals surface area contributed by atoms with Crippen molar-refractivity contribution < 1.29 is 18.7 Å². The lowest BCUT2D eigenvalue weighted by molar-refractivity contribution is -0.120. The lowest BCUT2D eigenvalue weighted by atomic mass is 10.2. The first-order chi connectivity index (χ1) is 11.1. The van der Waals surface area contributed by atoms with Gasteiger partial charge in [0.15, 0.2) is 11.6 Å². The molecule has 0 saturated carbocycles. The van der Waals surface area contributed by atoms with Gasteiger partial charge in [0.1, 0.15) is 5.75 Å². The first-order valence-electron chi connectivity index (χ1n) is 8.03. The van der Waals surface area contributed by atoms with E-state index >= 15 is 0 Å². The van der Waals surface area contributed by atoms with Crippen molar-refractivity contribution in [3.63, 3.8) is 0 Å². The number of nitrogens with zero attached hydrogens (tertiary/aromatic N) is 1. The van der Waals surface area contributed by atoms with Gasteiger partial charge in [-0.05, 0) is 32.9 Å². The maximum Gasteiger partial charge on any atom is 0.241 e. The Morgan fingerprint density at radius 3 is 2.30 bits per heavy atom. The van der Waals surface area contributed by atoms with E-state index in [4.69, 9.17) is 9.47 Å². The van der Waals surface area contributed by atoms with Crippen LogP contribution in [0.25, 0.3) is 0 Å². The highest BCUT2D eigenvalue weighted by Crippen LogP contribution is 2.32. The molecule has 1 saturated heterocycles. The molecule has 0 spiro atoms. The fourth-order valence-corrected chi connectivity index (χ4v) is 2.84. The van der Waals surface area contributed by atoms with Gasteiger partial charge in [0, 0.05) is 12.1 Å². The molecule has 5 nitrogen and oxygen atoms in total. The molecule has 1 aliphatic rings. The van der Waals surface area contributed by atoms with Crippen LogP contribution in [0.1, 0.15) is 32.6 Å². The Hall–Kier alpha value is -1.82. The smallest absolute Gasteiger partial charge is 0.241 e. The number of nitrogens with one attached hydrogen (secondary N) is 1. The van der Waals surface area contributed by atoms with E-state index in [1.807, 2.05) is 6.92 Å². The first kappa shape index (κ1) is 17.5. The monoisotopic (exact) mass is 324 g/mol. The van der Waals surface area contributed by atoms with Crippen molar-refractivity contribution in [1.82, 2.24) is 4.90 Å². The minimum Gasteiger partial charge on any atom is -0.494 e. The quantitative estimate of drug-likeness (QED) is 0.904. The van der Waals surface area contributed by atoms with Crippen LogP contribution in [-0.2, 0) is 4.79 Å². The van der Waals surface area contributed by atoms with E-state index in [0.717, 1.165) is 25.9 Å². The molecule has 128 valence electrons. The second-order valence-corrected chi connectivity index (χ2v) is 5.80. The minimum absolute atomic E-state index is 0.0837. The lowest BCUT2D eigenvalue weighted by Crippen LogP contribution is -2.42. The van der Waals surface area contributed by atoms with Gasteiger partial charge in [0.05, 0.1) is 25.9 Å². The summed E-state index contributed by atoms with van der Waals surface area (Å²) in [6, 6.07) is 2.40. The summed E-state index contributed by atoms with van der Waals surface area (Å²) in [7, 11) is 2.86. The second-order valence-electron chi connectivity index (χ2n) is 5.80. The number of benzene rings is 1. The van der Waals surface area contributed by atoms with Crippen LogP contribution in [-0.4, -0.2) is 44.2 Å². The van der Waals surface area contributed by atoms with Gasteiger partial charge in [0.25, 0.3) is 0 Å². The van der Waals surface area contributed by atoms with Crippen molar-refractivity contribution in [3.05, 3.63) is 17.9 Å². The largest absolute Gasteiger partial charge is 0.494 e. The third-order valence-electron chi connectivity index (χ3n) is 4.30. The summed E-state index contributed by atoms with van der Waals surface area (Å²) >= 11 is 0. The Morgan fingerprint density at radius 1 is 1.13 bits per heavy atom. The van der Waals surface area contributed by atoms with Crippen molar-refractivity contribution >= 4 is 11.6 Å². The minimum atomic E-state index is -0.536. The first-order valence-corrected chi connectivity index (χ1v) is 8.03. The van der Waals surface area contributed by atoms with Crippen LogP contribution < -0.4 is 14.8 Å². The molecule has 0 bridgehead atoms. The van der Waals surface area contributed by atoms with Gasteiger partial charge < -0.3 is 14.8 Å². The van der Waals surface area contributed by atoms with E-state index in [1.54, 1.807) is 0 Å². The summed E-state index contributed by atoms with van der Waals surface area (Å²) in [4.78, 5) is 14.7. The number of amides is 1. The molecule has 1 heterocycles. The Morgan fingerprint density at radius 2 is 1.74 bits per heavy atom. The van der Waals surface area contributed by atoms with E-state index in [0.29, 0.717) is 11.4 Å². The van der Waals surface area contributed by atoms with Gasteiger partial charge in [-0.2, -0.15) is 0 Å². The summed E-state index contributed by atoms with van der Waals surface area (Å²) in [5.74, 6) is -0.235. The molecular formula is C17H25FN2O3. The predicted molar refractivity (Wildman–Crippen MR) is 87.6 cm³/mol. The van der Waals surface area contributed by atoms with Crippen molar-refractivity contribution in [1.29, 1.82) is 0 Å². The van der Waals surface area contributed by atoms with Crippen molar-refractivity contribution in [3.8, 4) is 11.5 Å². The highest BCUT2D eigenvalue weighted by molar-refractivity contribution is 5.96. The van der Waals surface area contributed by atoms with Gasteiger partial charge in [-0.1, -0.05) is 12.8 Å². The average Bonchev–Trinajstić information content (AvgIpc) is 2.83. The normalized spacial score (nSPS) is 17.2. The third-order valence-corrected chi connectivity index (χ3v) is 4.30. The Labute approximate surface area is 136 Å². The third kappa shape index (κ3) is 4.34. The van der Waals surface area contributed by atoms with Crippen LogP contribution in [0.2, 0.25) is 0 Å². The van der Waals surface area contributed by atoms with Crippen molar-refractivity contribution in [2.24, 2.45) is 0 Å². The number of anilines is 1. The molecule has 23 heavy (non-hydrogen) atoms. The molecule has 1 N–H and O–H groups in total. The maximum absolute atomic E-state index is 13.9. The number of rotatable bonds is 5. The fraction of sp³-hybridized carbons (Fsp3) is 0.588. The highest BCUT2D eigenvalue weighted by Gasteiger charge is 2.23. The zero-order valence-corrected chi connectivity index (χ0v) is 14.0. The van der Waals surface area contributed by atoms with Gasteiger partial charge in [-0.15, -0.1) is 0 Å². The zero-order chi connectivity index (χ0) is 16.8. The van der Waals surface area contributed by atoms with Gasteiger partial charge in [-0.25, -0.2) is 4.39 Å².